The number of hydrogen-bond acceptors (Lipinski definition) is 5. The Labute approximate surface area is 290 Å². The first-order valence-electron chi connectivity index (χ1n) is 16.4. The van der Waals surface area contributed by atoms with Crippen LogP contribution in [0, 0.1) is 0 Å². The molecule has 244 valence electrons. The first-order chi connectivity index (χ1) is 23.2. The highest BCUT2D eigenvalue weighted by Crippen LogP contribution is 2.35. The maximum absolute atomic E-state index is 15.0. The van der Waals surface area contributed by atoms with E-state index in [4.69, 9.17) is 16.6 Å². The van der Waals surface area contributed by atoms with Gasteiger partial charge >= 0.3 is 0 Å². The number of halogens is 1. The van der Waals surface area contributed by atoms with Gasteiger partial charge in [0.1, 0.15) is 11.0 Å². The molecule has 1 atom stereocenters. The van der Waals surface area contributed by atoms with Gasteiger partial charge in [0, 0.05) is 28.9 Å². The lowest BCUT2D eigenvalue weighted by atomic mass is 9.92. The van der Waals surface area contributed by atoms with E-state index < -0.39 is 6.04 Å². The molecular weight excluding hydrogens is 638 g/mol. The molecule has 0 N–H and O–H groups in total. The smallest absolute Gasteiger partial charge is 0.265 e. The molecule has 0 spiro atoms. The monoisotopic (exact) mass is 675 g/mol. The number of carbonyl (C=O) groups is 2. The van der Waals surface area contributed by atoms with Crippen molar-refractivity contribution in [2.45, 2.75) is 59.4 Å². The largest absolute Gasteiger partial charge is 0.324 e. The van der Waals surface area contributed by atoms with Gasteiger partial charge in [0.25, 0.3) is 11.5 Å². The van der Waals surface area contributed by atoms with Crippen molar-refractivity contribution in [3.63, 3.8) is 0 Å². The van der Waals surface area contributed by atoms with E-state index in [1.807, 2.05) is 98.1 Å². The summed E-state index contributed by atoms with van der Waals surface area (Å²) in [5.41, 5.74) is 7.06. The second-order valence-electron chi connectivity index (χ2n) is 12.3. The van der Waals surface area contributed by atoms with Crippen LogP contribution in [0.5, 0.6) is 0 Å². The van der Waals surface area contributed by atoms with E-state index in [2.05, 4.69) is 13.8 Å². The molecule has 1 saturated heterocycles. The van der Waals surface area contributed by atoms with Crippen molar-refractivity contribution in [1.82, 2.24) is 14.5 Å². The van der Waals surface area contributed by atoms with Crippen molar-refractivity contribution in [2.24, 2.45) is 0 Å². The highest BCUT2D eigenvalue weighted by atomic mass is 35.5. The number of benzene rings is 3. The van der Waals surface area contributed by atoms with Crippen molar-refractivity contribution in [2.75, 3.05) is 6.54 Å². The van der Waals surface area contributed by atoms with Gasteiger partial charge in [-0.15, -0.1) is 11.3 Å². The zero-order chi connectivity index (χ0) is 33.9. The summed E-state index contributed by atoms with van der Waals surface area (Å²) in [6.45, 7) is 8.49. The SMILES string of the molecule is CCc1cccc(CC)c1-n1c(C=C(C)C)c(C(=O)N2CCCC(=O)C2c2ccccc2)cc(-c2nc(-c3ccc(Cl)cc3)cs2)c1=O. The predicted molar refractivity (Wildman–Crippen MR) is 196 cm³/mol. The van der Waals surface area contributed by atoms with Crippen LogP contribution in [0.15, 0.2) is 94.6 Å². The Balaban J connectivity index is 1.65. The lowest BCUT2D eigenvalue weighted by molar-refractivity contribution is -0.126. The molecule has 1 unspecified atom stereocenters. The molecule has 0 saturated carbocycles. The zero-order valence-electron chi connectivity index (χ0n) is 27.6. The number of rotatable bonds is 8. The maximum atomic E-state index is 15.0. The van der Waals surface area contributed by atoms with Crippen LogP contribution in [0.3, 0.4) is 0 Å². The van der Waals surface area contributed by atoms with E-state index in [1.54, 1.807) is 15.5 Å². The van der Waals surface area contributed by atoms with Gasteiger partial charge < -0.3 is 4.90 Å². The molecule has 6 nitrogen and oxygen atoms in total. The van der Waals surface area contributed by atoms with Crippen LogP contribution in [0.25, 0.3) is 33.6 Å². The third kappa shape index (κ3) is 6.45. The van der Waals surface area contributed by atoms with E-state index >= 15 is 0 Å². The van der Waals surface area contributed by atoms with E-state index in [0.717, 1.165) is 33.5 Å². The molecule has 0 bridgehead atoms. The van der Waals surface area contributed by atoms with Crippen molar-refractivity contribution >= 4 is 40.7 Å². The Morgan fingerprint density at radius 3 is 2.29 bits per heavy atom. The quantitative estimate of drug-likeness (QED) is 0.164. The minimum Gasteiger partial charge on any atom is -0.324 e. The highest BCUT2D eigenvalue weighted by molar-refractivity contribution is 7.13. The highest BCUT2D eigenvalue weighted by Gasteiger charge is 2.36. The van der Waals surface area contributed by atoms with Crippen LogP contribution in [0.4, 0.5) is 0 Å². The standard InChI is InChI=1S/C40H38ClN3O3S/c1-5-26-14-10-15-27(6-2)36(26)44-34(22-25(3)4)31(39(46)43-21-11-16-35(45)37(43)29-12-8-7-9-13-29)23-32(40(44)47)38-42-33(24-48-38)28-17-19-30(41)20-18-28/h7-10,12-15,17-20,22-24,37H,5-6,11,16,21H2,1-4H3. The fraction of sp³-hybridized carbons (Fsp3) is 0.250. The van der Waals surface area contributed by atoms with Crippen LogP contribution in [0.2, 0.25) is 5.02 Å². The predicted octanol–water partition coefficient (Wildman–Crippen LogP) is 9.38. The summed E-state index contributed by atoms with van der Waals surface area (Å²) in [6.07, 6.45) is 4.30. The molecular formula is C40H38ClN3O3S. The number of aromatic nitrogens is 2. The van der Waals surface area contributed by atoms with Gasteiger partial charge in [0.15, 0.2) is 5.78 Å². The number of carbonyl (C=O) groups excluding carboxylic acids is 2. The average Bonchev–Trinajstić information content (AvgIpc) is 3.58. The van der Waals surface area contributed by atoms with E-state index in [1.165, 1.54) is 11.3 Å². The Morgan fingerprint density at radius 2 is 1.65 bits per heavy atom. The summed E-state index contributed by atoms with van der Waals surface area (Å²) in [6, 6.07) is 24.0. The number of aryl methyl sites for hydroxylation is 2. The fourth-order valence-electron chi connectivity index (χ4n) is 6.48. The van der Waals surface area contributed by atoms with Crippen LogP contribution in [0.1, 0.15) is 79.3 Å². The molecule has 1 aliphatic heterocycles. The van der Waals surface area contributed by atoms with Gasteiger partial charge in [-0.25, -0.2) is 4.98 Å². The molecule has 48 heavy (non-hydrogen) atoms. The Hall–Kier alpha value is -4.59. The second-order valence-corrected chi connectivity index (χ2v) is 13.6. The van der Waals surface area contributed by atoms with Gasteiger partial charge in [-0.2, -0.15) is 0 Å². The minimum absolute atomic E-state index is 0.00948. The Kier molecular flexibility index (Phi) is 9.90. The van der Waals surface area contributed by atoms with Crippen molar-refractivity contribution in [1.29, 1.82) is 0 Å². The number of allylic oxidation sites excluding steroid dienone is 1. The fourth-order valence-corrected chi connectivity index (χ4v) is 7.45. The molecule has 3 aromatic carbocycles. The summed E-state index contributed by atoms with van der Waals surface area (Å²) >= 11 is 7.50. The Bertz CT molecular complexity index is 2050. The molecule has 1 fully saturated rings. The number of thiazole rings is 1. The number of Topliss-reactive ketones (excluding diaryl/α,β-unsaturated/α-hetero) is 1. The second kappa shape index (κ2) is 14.3. The maximum Gasteiger partial charge on any atom is 0.265 e. The number of hydrogen-bond donors (Lipinski definition) is 0. The topological polar surface area (TPSA) is 72.3 Å². The van der Waals surface area contributed by atoms with Crippen molar-refractivity contribution < 1.29 is 9.59 Å². The van der Waals surface area contributed by atoms with E-state index in [-0.39, 0.29) is 17.2 Å². The summed E-state index contributed by atoms with van der Waals surface area (Å²) in [5.74, 6) is -0.281. The number of piperidine rings is 1. The molecule has 8 heteroatoms. The molecule has 5 aromatic rings. The van der Waals surface area contributed by atoms with Crippen molar-refractivity contribution in [3.05, 3.63) is 133 Å². The van der Waals surface area contributed by atoms with Crippen LogP contribution >= 0.6 is 22.9 Å². The molecule has 0 aliphatic carbocycles. The van der Waals surface area contributed by atoms with E-state index in [9.17, 15) is 14.4 Å². The van der Waals surface area contributed by atoms with Gasteiger partial charge in [-0.3, -0.25) is 19.0 Å². The van der Waals surface area contributed by atoms with Gasteiger partial charge in [0.2, 0.25) is 0 Å². The third-order valence-corrected chi connectivity index (χ3v) is 9.90. The number of ketones is 1. The average molecular weight is 676 g/mol. The Morgan fingerprint density at radius 1 is 0.958 bits per heavy atom. The van der Waals surface area contributed by atoms with Gasteiger partial charge in [0.05, 0.1) is 28.2 Å². The summed E-state index contributed by atoms with van der Waals surface area (Å²) in [4.78, 5) is 49.9. The first-order valence-corrected chi connectivity index (χ1v) is 17.6. The van der Waals surface area contributed by atoms with Gasteiger partial charge in [-0.1, -0.05) is 91.7 Å². The number of nitrogens with zero attached hydrogens (tertiary/aromatic N) is 3. The molecule has 3 heterocycles. The number of amides is 1. The number of para-hydroxylation sites is 1. The first kappa shape index (κ1) is 33.3. The normalized spacial score (nSPS) is 14.6. The van der Waals surface area contributed by atoms with Crippen LogP contribution < -0.4 is 5.56 Å². The molecule has 1 amide bonds. The van der Waals surface area contributed by atoms with Gasteiger partial charge in [-0.05, 0) is 74.1 Å². The van der Waals surface area contributed by atoms with Crippen molar-refractivity contribution in [3.8, 4) is 27.5 Å². The molecule has 0 radical (unpaired) electrons. The van der Waals surface area contributed by atoms with Crippen LogP contribution in [-0.4, -0.2) is 32.7 Å². The number of pyridine rings is 1. The molecule has 1 aliphatic rings. The zero-order valence-corrected chi connectivity index (χ0v) is 29.2. The summed E-state index contributed by atoms with van der Waals surface area (Å²) in [7, 11) is 0. The third-order valence-electron chi connectivity index (χ3n) is 8.77. The number of likely N-dealkylation sites (tertiary alicyclic amines) is 1. The summed E-state index contributed by atoms with van der Waals surface area (Å²) < 4.78 is 1.72. The lowest BCUT2D eigenvalue weighted by Crippen LogP contribution is -2.44. The lowest BCUT2D eigenvalue weighted by Gasteiger charge is -2.35. The molecule has 6 rings (SSSR count). The minimum atomic E-state index is -0.707. The van der Waals surface area contributed by atoms with E-state index in [0.29, 0.717) is 64.8 Å². The van der Waals surface area contributed by atoms with Crippen LogP contribution in [-0.2, 0) is 17.6 Å². The summed E-state index contributed by atoms with van der Waals surface area (Å²) in [5, 5.41) is 3.05. The molecule has 2 aromatic heterocycles.